The Bertz CT molecular complexity index is 502. The molecule has 1 fully saturated rings. The molecule has 1 aromatic rings. The van der Waals surface area contributed by atoms with Gasteiger partial charge in [-0.05, 0) is 57.4 Å². The number of nitrogens with zero attached hydrogens (tertiary/aromatic N) is 1. The Hall–Kier alpha value is -1.26. The molecule has 2 aliphatic rings. The minimum Gasteiger partial charge on any atom is -0.486 e. The van der Waals surface area contributed by atoms with Crippen molar-refractivity contribution in [3.05, 3.63) is 23.8 Å². The number of likely N-dealkylation sites (tertiary alicyclic amines) is 1. The second-order valence-electron chi connectivity index (χ2n) is 6.77. The molecule has 0 radical (unpaired) electrons. The first-order chi connectivity index (χ1) is 10.0. The van der Waals surface area contributed by atoms with Crippen LogP contribution in [0.5, 0.6) is 11.5 Å². The Morgan fingerprint density at radius 2 is 2.05 bits per heavy atom. The largest absolute Gasteiger partial charge is 0.486 e. The van der Waals surface area contributed by atoms with Crippen LogP contribution in [0, 0.1) is 0 Å². The number of benzene rings is 1. The highest BCUT2D eigenvalue weighted by Crippen LogP contribution is 2.32. The highest BCUT2D eigenvalue weighted by Gasteiger charge is 2.28. The summed E-state index contributed by atoms with van der Waals surface area (Å²) < 4.78 is 11.2. The first-order valence-electron chi connectivity index (χ1n) is 7.95. The van der Waals surface area contributed by atoms with Gasteiger partial charge in [-0.3, -0.25) is 4.90 Å². The van der Waals surface area contributed by atoms with Gasteiger partial charge in [0.2, 0.25) is 0 Å². The van der Waals surface area contributed by atoms with E-state index in [0.717, 1.165) is 24.5 Å². The Morgan fingerprint density at radius 3 is 2.76 bits per heavy atom. The Kier molecular flexibility index (Phi) is 4.09. The summed E-state index contributed by atoms with van der Waals surface area (Å²) >= 11 is 0. The second-order valence-corrected chi connectivity index (χ2v) is 6.77. The zero-order chi connectivity index (χ0) is 14.9. The Labute approximate surface area is 127 Å². The van der Waals surface area contributed by atoms with Crippen LogP contribution < -0.4 is 15.2 Å². The molecule has 2 atom stereocenters. The highest BCUT2D eigenvalue weighted by molar-refractivity contribution is 5.44. The van der Waals surface area contributed by atoms with E-state index in [1.54, 1.807) is 0 Å². The fourth-order valence-electron chi connectivity index (χ4n) is 3.41. The van der Waals surface area contributed by atoms with Crippen molar-refractivity contribution in [2.75, 3.05) is 26.3 Å². The summed E-state index contributed by atoms with van der Waals surface area (Å²) in [5.41, 5.74) is 7.55. The first-order valence-corrected chi connectivity index (χ1v) is 7.95. The van der Waals surface area contributed by atoms with Crippen LogP contribution in [-0.4, -0.2) is 42.8 Å². The first kappa shape index (κ1) is 14.7. The molecule has 4 nitrogen and oxygen atoms in total. The molecular formula is C17H26N2O2. The van der Waals surface area contributed by atoms with Gasteiger partial charge in [0.05, 0.1) is 0 Å². The summed E-state index contributed by atoms with van der Waals surface area (Å²) in [6.45, 7) is 7.83. The lowest BCUT2D eigenvalue weighted by Gasteiger charge is -2.33. The standard InChI is InChI=1S/C17H26N2O2/c1-13-4-3-7-19(13)12-17(2,18)11-14-5-6-15-16(10-14)21-9-8-20-15/h5-6,10,13H,3-4,7-9,11-12,18H2,1-2H3/t13-,17-/m1/s1. The third kappa shape index (κ3) is 3.50. The Balaban J connectivity index is 1.67. The molecule has 4 heteroatoms. The van der Waals surface area contributed by atoms with E-state index in [2.05, 4.69) is 30.9 Å². The van der Waals surface area contributed by atoms with E-state index >= 15 is 0 Å². The molecule has 1 aromatic carbocycles. The molecule has 3 rings (SSSR count). The van der Waals surface area contributed by atoms with Crippen LogP contribution in [0.15, 0.2) is 18.2 Å². The van der Waals surface area contributed by atoms with Gasteiger partial charge in [0.25, 0.3) is 0 Å². The molecule has 2 N–H and O–H groups in total. The fraction of sp³-hybridized carbons (Fsp3) is 0.647. The molecule has 0 bridgehead atoms. The zero-order valence-electron chi connectivity index (χ0n) is 13.1. The highest BCUT2D eigenvalue weighted by atomic mass is 16.6. The van der Waals surface area contributed by atoms with Gasteiger partial charge in [-0.15, -0.1) is 0 Å². The topological polar surface area (TPSA) is 47.7 Å². The van der Waals surface area contributed by atoms with Crippen LogP contribution in [0.25, 0.3) is 0 Å². The number of nitrogens with two attached hydrogens (primary N) is 1. The number of rotatable bonds is 4. The number of fused-ring (bicyclic) bond motifs is 1. The van der Waals surface area contributed by atoms with E-state index in [9.17, 15) is 0 Å². The number of ether oxygens (including phenoxy) is 2. The quantitative estimate of drug-likeness (QED) is 0.923. The van der Waals surface area contributed by atoms with Gasteiger partial charge in [-0.1, -0.05) is 6.07 Å². The van der Waals surface area contributed by atoms with Crippen LogP contribution in [0.3, 0.4) is 0 Å². The lowest BCUT2D eigenvalue weighted by Crippen LogP contribution is -2.50. The number of hydrogen-bond donors (Lipinski definition) is 1. The predicted molar refractivity (Wildman–Crippen MR) is 84.0 cm³/mol. The van der Waals surface area contributed by atoms with E-state index in [-0.39, 0.29) is 5.54 Å². The zero-order valence-corrected chi connectivity index (χ0v) is 13.1. The summed E-state index contributed by atoms with van der Waals surface area (Å²) in [7, 11) is 0. The minimum atomic E-state index is -0.220. The predicted octanol–water partition coefficient (Wildman–Crippen LogP) is 2.20. The number of hydrogen-bond acceptors (Lipinski definition) is 4. The van der Waals surface area contributed by atoms with Gasteiger partial charge in [0.15, 0.2) is 11.5 Å². The average molecular weight is 290 g/mol. The van der Waals surface area contributed by atoms with Crippen molar-refractivity contribution in [2.45, 2.75) is 44.7 Å². The fourth-order valence-corrected chi connectivity index (χ4v) is 3.41. The SMILES string of the molecule is C[C@@H]1CCCN1C[C@](C)(N)Cc1ccc2c(c1)OCCO2. The lowest BCUT2D eigenvalue weighted by atomic mass is 9.92. The van der Waals surface area contributed by atoms with Gasteiger partial charge in [-0.2, -0.15) is 0 Å². The minimum absolute atomic E-state index is 0.220. The Morgan fingerprint density at radius 1 is 1.29 bits per heavy atom. The molecule has 2 heterocycles. The van der Waals surface area contributed by atoms with Crippen molar-refractivity contribution in [1.29, 1.82) is 0 Å². The maximum absolute atomic E-state index is 6.55. The molecule has 0 unspecified atom stereocenters. The molecule has 0 spiro atoms. The summed E-state index contributed by atoms with van der Waals surface area (Å²) in [4.78, 5) is 2.51. The molecule has 116 valence electrons. The monoisotopic (exact) mass is 290 g/mol. The van der Waals surface area contributed by atoms with Crippen LogP contribution in [-0.2, 0) is 6.42 Å². The maximum atomic E-state index is 6.55. The van der Waals surface area contributed by atoms with Gasteiger partial charge >= 0.3 is 0 Å². The van der Waals surface area contributed by atoms with Gasteiger partial charge in [0.1, 0.15) is 13.2 Å². The van der Waals surface area contributed by atoms with Gasteiger partial charge in [-0.25, -0.2) is 0 Å². The molecule has 21 heavy (non-hydrogen) atoms. The average Bonchev–Trinajstić information content (AvgIpc) is 2.83. The third-order valence-electron chi connectivity index (χ3n) is 4.47. The lowest BCUT2D eigenvalue weighted by molar-refractivity contribution is 0.171. The molecule has 0 aliphatic carbocycles. The molecule has 0 saturated carbocycles. The van der Waals surface area contributed by atoms with E-state index in [4.69, 9.17) is 15.2 Å². The molecule has 0 aromatic heterocycles. The van der Waals surface area contributed by atoms with Crippen LogP contribution in [0.4, 0.5) is 0 Å². The second kappa shape index (κ2) is 5.85. The van der Waals surface area contributed by atoms with E-state index in [1.807, 2.05) is 6.07 Å². The third-order valence-corrected chi connectivity index (χ3v) is 4.47. The summed E-state index contributed by atoms with van der Waals surface area (Å²) in [5.74, 6) is 1.70. The van der Waals surface area contributed by atoms with Crippen molar-refractivity contribution in [2.24, 2.45) is 5.73 Å². The molecule has 1 saturated heterocycles. The van der Waals surface area contributed by atoms with Crippen molar-refractivity contribution in [3.63, 3.8) is 0 Å². The van der Waals surface area contributed by atoms with Crippen molar-refractivity contribution >= 4 is 0 Å². The van der Waals surface area contributed by atoms with Crippen molar-refractivity contribution in [1.82, 2.24) is 4.90 Å². The molecule has 2 aliphatic heterocycles. The van der Waals surface area contributed by atoms with Crippen molar-refractivity contribution < 1.29 is 9.47 Å². The smallest absolute Gasteiger partial charge is 0.161 e. The molecular weight excluding hydrogens is 264 g/mol. The van der Waals surface area contributed by atoms with Gasteiger partial charge < -0.3 is 15.2 Å². The van der Waals surface area contributed by atoms with Crippen LogP contribution >= 0.6 is 0 Å². The van der Waals surface area contributed by atoms with E-state index < -0.39 is 0 Å². The van der Waals surface area contributed by atoms with Gasteiger partial charge in [0, 0.05) is 18.1 Å². The van der Waals surface area contributed by atoms with Crippen molar-refractivity contribution in [3.8, 4) is 11.5 Å². The van der Waals surface area contributed by atoms with E-state index in [1.165, 1.54) is 24.9 Å². The summed E-state index contributed by atoms with van der Waals surface area (Å²) in [5, 5.41) is 0. The summed E-state index contributed by atoms with van der Waals surface area (Å²) in [6, 6.07) is 6.84. The molecule has 0 amide bonds. The summed E-state index contributed by atoms with van der Waals surface area (Å²) in [6.07, 6.45) is 3.44. The normalized spacial score (nSPS) is 24.8. The van der Waals surface area contributed by atoms with Crippen LogP contribution in [0.1, 0.15) is 32.3 Å². The van der Waals surface area contributed by atoms with Crippen LogP contribution in [0.2, 0.25) is 0 Å². The maximum Gasteiger partial charge on any atom is 0.161 e. The van der Waals surface area contributed by atoms with E-state index in [0.29, 0.717) is 19.3 Å².